The van der Waals surface area contributed by atoms with Gasteiger partial charge in [-0.2, -0.15) is 0 Å². The van der Waals surface area contributed by atoms with Crippen molar-refractivity contribution in [3.05, 3.63) is 43.0 Å². The SMILES string of the molecule is Cn1cncc1-c1ccc2cnc(NC(=O)[C@H]3CCCNC3)cc2c1. The molecule has 1 atom stereocenters. The van der Waals surface area contributed by atoms with Crippen molar-refractivity contribution in [1.82, 2.24) is 19.9 Å². The van der Waals surface area contributed by atoms with Crippen molar-refractivity contribution < 1.29 is 4.79 Å². The van der Waals surface area contributed by atoms with Gasteiger partial charge in [-0.05, 0) is 36.9 Å². The number of pyridine rings is 1. The summed E-state index contributed by atoms with van der Waals surface area (Å²) in [6.45, 7) is 1.73. The predicted molar refractivity (Wildman–Crippen MR) is 98.2 cm³/mol. The van der Waals surface area contributed by atoms with Crippen LogP contribution in [0.5, 0.6) is 0 Å². The number of fused-ring (bicyclic) bond motifs is 1. The number of piperidine rings is 1. The fourth-order valence-corrected chi connectivity index (χ4v) is 3.31. The highest BCUT2D eigenvalue weighted by Gasteiger charge is 2.21. The maximum Gasteiger partial charge on any atom is 0.229 e. The van der Waals surface area contributed by atoms with E-state index in [0.29, 0.717) is 5.82 Å². The number of aromatic nitrogens is 3. The van der Waals surface area contributed by atoms with Crippen LogP contribution in [-0.4, -0.2) is 33.5 Å². The molecule has 1 aromatic carbocycles. The standard InChI is InChI=1S/C19H21N5O/c1-24-12-21-11-17(24)13-4-5-14-10-22-18(8-16(14)7-13)23-19(25)15-3-2-6-20-9-15/h4-5,7-8,10-12,15,20H,2-3,6,9H2,1H3,(H,22,23,25)/t15-/m0/s1. The zero-order valence-electron chi connectivity index (χ0n) is 14.2. The summed E-state index contributed by atoms with van der Waals surface area (Å²) in [4.78, 5) is 21.0. The molecule has 25 heavy (non-hydrogen) atoms. The van der Waals surface area contributed by atoms with Crippen LogP contribution in [0.3, 0.4) is 0 Å². The molecule has 128 valence electrons. The molecule has 3 aromatic rings. The lowest BCUT2D eigenvalue weighted by Crippen LogP contribution is -2.37. The number of anilines is 1. The average Bonchev–Trinajstić information content (AvgIpc) is 3.08. The van der Waals surface area contributed by atoms with Crippen LogP contribution in [0.25, 0.3) is 22.0 Å². The van der Waals surface area contributed by atoms with Crippen molar-refractivity contribution in [3.8, 4) is 11.3 Å². The number of imidazole rings is 1. The molecule has 0 unspecified atom stereocenters. The highest BCUT2D eigenvalue weighted by molar-refractivity contribution is 5.95. The van der Waals surface area contributed by atoms with Crippen LogP contribution >= 0.6 is 0 Å². The maximum atomic E-state index is 12.4. The Hall–Kier alpha value is -2.73. The van der Waals surface area contributed by atoms with E-state index in [2.05, 4.69) is 32.7 Å². The minimum atomic E-state index is 0.0204. The molecule has 1 aliphatic rings. The highest BCUT2D eigenvalue weighted by Crippen LogP contribution is 2.25. The molecular weight excluding hydrogens is 314 g/mol. The van der Waals surface area contributed by atoms with E-state index in [-0.39, 0.29) is 11.8 Å². The average molecular weight is 335 g/mol. The van der Waals surface area contributed by atoms with E-state index >= 15 is 0 Å². The number of hydrogen-bond donors (Lipinski definition) is 2. The quantitative estimate of drug-likeness (QED) is 0.772. The van der Waals surface area contributed by atoms with Gasteiger partial charge in [-0.15, -0.1) is 0 Å². The Morgan fingerprint density at radius 2 is 2.20 bits per heavy atom. The zero-order chi connectivity index (χ0) is 17.2. The first-order chi connectivity index (χ1) is 12.2. The van der Waals surface area contributed by atoms with Crippen molar-refractivity contribution in [2.75, 3.05) is 18.4 Å². The molecule has 2 aromatic heterocycles. The fourth-order valence-electron chi connectivity index (χ4n) is 3.31. The Kier molecular flexibility index (Phi) is 4.19. The Labute approximate surface area is 146 Å². The van der Waals surface area contributed by atoms with Gasteiger partial charge in [0.2, 0.25) is 5.91 Å². The largest absolute Gasteiger partial charge is 0.334 e. The summed E-state index contributed by atoms with van der Waals surface area (Å²) in [6.07, 6.45) is 7.41. The fraction of sp³-hybridized carbons (Fsp3) is 0.316. The summed E-state index contributed by atoms with van der Waals surface area (Å²) >= 11 is 0. The molecule has 6 nitrogen and oxygen atoms in total. The second-order valence-corrected chi connectivity index (χ2v) is 6.55. The molecule has 0 saturated carbocycles. The van der Waals surface area contributed by atoms with Crippen LogP contribution in [-0.2, 0) is 11.8 Å². The molecule has 1 aliphatic heterocycles. The van der Waals surface area contributed by atoms with Crippen LogP contribution in [0.4, 0.5) is 5.82 Å². The van der Waals surface area contributed by atoms with E-state index in [4.69, 9.17) is 0 Å². The van der Waals surface area contributed by atoms with Crippen molar-refractivity contribution >= 4 is 22.5 Å². The first-order valence-electron chi connectivity index (χ1n) is 8.59. The number of aryl methyl sites for hydroxylation is 1. The lowest BCUT2D eigenvalue weighted by Gasteiger charge is -2.21. The molecule has 0 spiro atoms. The van der Waals surface area contributed by atoms with Crippen LogP contribution in [0, 0.1) is 5.92 Å². The third-order valence-corrected chi connectivity index (χ3v) is 4.75. The third kappa shape index (κ3) is 3.25. The number of rotatable bonds is 3. The van der Waals surface area contributed by atoms with Crippen LogP contribution in [0.2, 0.25) is 0 Å². The lowest BCUT2D eigenvalue weighted by atomic mass is 9.99. The van der Waals surface area contributed by atoms with Gasteiger partial charge in [-0.1, -0.05) is 12.1 Å². The summed E-state index contributed by atoms with van der Waals surface area (Å²) in [5, 5.41) is 8.32. The van der Waals surface area contributed by atoms with E-state index in [9.17, 15) is 4.79 Å². The molecule has 0 bridgehead atoms. The highest BCUT2D eigenvalue weighted by atomic mass is 16.2. The Balaban J connectivity index is 1.60. The van der Waals surface area contributed by atoms with Gasteiger partial charge in [0.1, 0.15) is 5.82 Å². The van der Waals surface area contributed by atoms with Crippen molar-refractivity contribution in [1.29, 1.82) is 0 Å². The van der Waals surface area contributed by atoms with Gasteiger partial charge in [-0.3, -0.25) is 4.79 Å². The number of amides is 1. The number of benzene rings is 1. The number of carbonyl (C=O) groups is 1. The second kappa shape index (κ2) is 6.64. The number of hydrogen-bond acceptors (Lipinski definition) is 4. The van der Waals surface area contributed by atoms with E-state index < -0.39 is 0 Å². The van der Waals surface area contributed by atoms with Gasteiger partial charge in [0.25, 0.3) is 0 Å². The minimum absolute atomic E-state index is 0.0204. The van der Waals surface area contributed by atoms with E-state index in [1.54, 1.807) is 12.5 Å². The van der Waals surface area contributed by atoms with Crippen molar-refractivity contribution in [3.63, 3.8) is 0 Å². The maximum absolute atomic E-state index is 12.4. The first kappa shape index (κ1) is 15.8. The number of nitrogens with zero attached hydrogens (tertiary/aromatic N) is 3. The summed E-state index contributed by atoms with van der Waals surface area (Å²) in [7, 11) is 1.98. The van der Waals surface area contributed by atoms with Crippen molar-refractivity contribution in [2.45, 2.75) is 12.8 Å². The molecule has 0 aliphatic carbocycles. The summed E-state index contributed by atoms with van der Waals surface area (Å²) < 4.78 is 1.99. The predicted octanol–water partition coefficient (Wildman–Crippen LogP) is 2.57. The molecule has 0 radical (unpaired) electrons. The van der Waals surface area contributed by atoms with Crippen molar-refractivity contribution in [2.24, 2.45) is 13.0 Å². The lowest BCUT2D eigenvalue weighted by molar-refractivity contribution is -0.120. The zero-order valence-corrected chi connectivity index (χ0v) is 14.2. The first-order valence-corrected chi connectivity index (χ1v) is 8.59. The van der Waals surface area contributed by atoms with Gasteiger partial charge in [0.05, 0.1) is 24.1 Å². The van der Waals surface area contributed by atoms with E-state index in [1.807, 2.05) is 29.9 Å². The molecule has 2 N–H and O–H groups in total. The van der Waals surface area contributed by atoms with E-state index in [1.165, 1.54) is 0 Å². The van der Waals surface area contributed by atoms with Gasteiger partial charge in [0.15, 0.2) is 0 Å². The van der Waals surface area contributed by atoms with Gasteiger partial charge >= 0.3 is 0 Å². The molecule has 1 amide bonds. The molecule has 4 rings (SSSR count). The summed E-state index contributed by atoms with van der Waals surface area (Å²) in [5.41, 5.74) is 2.14. The van der Waals surface area contributed by atoms with Crippen LogP contribution in [0.1, 0.15) is 12.8 Å². The number of nitrogens with one attached hydrogen (secondary N) is 2. The van der Waals surface area contributed by atoms with Gasteiger partial charge in [-0.25, -0.2) is 9.97 Å². The monoisotopic (exact) mass is 335 g/mol. The molecule has 1 fully saturated rings. The molecule has 1 saturated heterocycles. The van der Waals surface area contributed by atoms with Crippen LogP contribution in [0.15, 0.2) is 43.0 Å². The number of carbonyl (C=O) groups excluding carboxylic acids is 1. The molecular formula is C19H21N5O. The second-order valence-electron chi connectivity index (χ2n) is 6.55. The smallest absolute Gasteiger partial charge is 0.229 e. The normalized spacial score (nSPS) is 17.6. The molecule has 3 heterocycles. The Bertz CT molecular complexity index is 911. The minimum Gasteiger partial charge on any atom is -0.334 e. The van der Waals surface area contributed by atoms with Crippen LogP contribution < -0.4 is 10.6 Å². The summed E-state index contributed by atoms with van der Waals surface area (Å²) in [5.74, 6) is 0.666. The van der Waals surface area contributed by atoms with Gasteiger partial charge in [0, 0.05) is 30.7 Å². The van der Waals surface area contributed by atoms with E-state index in [0.717, 1.165) is 48.0 Å². The summed E-state index contributed by atoms with van der Waals surface area (Å²) in [6, 6.07) is 8.14. The topological polar surface area (TPSA) is 71.8 Å². The third-order valence-electron chi connectivity index (χ3n) is 4.75. The Morgan fingerprint density at radius 3 is 2.96 bits per heavy atom. The van der Waals surface area contributed by atoms with Gasteiger partial charge < -0.3 is 15.2 Å². The molecule has 6 heteroatoms. The Morgan fingerprint density at radius 1 is 1.28 bits per heavy atom.